The summed E-state index contributed by atoms with van der Waals surface area (Å²) in [5, 5.41) is 0. The van der Waals surface area contributed by atoms with Crippen molar-refractivity contribution in [3.8, 4) is 0 Å². The van der Waals surface area contributed by atoms with Gasteiger partial charge in [0.15, 0.2) is 0 Å². The van der Waals surface area contributed by atoms with Crippen LogP contribution in [0.1, 0.15) is 28.8 Å². The van der Waals surface area contributed by atoms with Crippen molar-refractivity contribution < 1.29 is 9.59 Å². The summed E-state index contributed by atoms with van der Waals surface area (Å²) < 4.78 is 0.902. The average Bonchev–Trinajstić information content (AvgIpc) is 3.02. The lowest BCUT2D eigenvalue weighted by Gasteiger charge is -2.36. The first-order chi connectivity index (χ1) is 11.1. The highest BCUT2D eigenvalue weighted by Gasteiger charge is 2.49. The summed E-state index contributed by atoms with van der Waals surface area (Å²) in [6, 6.07) is 16.5. The summed E-state index contributed by atoms with van der Waals surface area (Å²) >= 11 is 3.36. The highest BCUT2D eigenvalue weighted by atomic mass is 79.9. The van der Waals surface area contributed by atoms with Gasteiger partial charge in [-0.15, -0.1) is 0 Å². The van der Waals surface area contributed by atoms with Crippen LogP contribution in [0.3, 0.4) is 0 Å². The van der Waals surface area contributed by atoms with E-state index in [1.54, 1.807) is 17.0 Å². The number of nitrogens with two attached hydrogens (primary N) is 1. The Morgan fingerprint density at radius 2 is 1.70 bits per heavy atom. The first-order valence-corrected chi connectivity index (χ1v) is 8.28. The summed E-state index contributed by atoms with van der Waals surface area (Å²) in [6.45, 7) is 0.521. The number of primary amides is 1. The highest BCUT2D eigenvalue weighted by molar-refractivity contribution is 9.10. The summed E-state index contributed by atoms with van der Waals surface area (Å²) in [6.07, 6.45) is 1.30. The van der Waals surface area contributed by atoms with Gasteiger partial charge in [-0.05, 0) is 42.7 Å². The smallest absolute Gasteiger partial charge is 0.255 e. The fourth-order valence-electron chi connectivity index (χ4n) is 3.25. The number of benzene rings is 2. The average molecular weight is 373 g/mol. The molecule has 0 spiro atoms. The maximum absolute atomic E-state index is 13.0. The number of hydrogen-bond donors (Lipinski definition) is 1. The van der Waals surface area contributed by atoms with E-state index in [2.05, 4.69) is 15.9 Å². The van der Waals surface area contributed by atoms with Crippen LogP contribution in [-0.2, 0) is 10.3 Å². The van der Waals surface area contributed by atoms with E-state index in [1.165, 1.54) is 0 Å². The van der Waals surface area contributed by atoms with Gasteiger partial charge in [-0.3, -0.25) is 9.59 Å². The number of likely N-dealkylation sites (tertiary alicyclic amines) is 1. The zero-order valence-electron chi connectivity index (χ0n) is 12.5. The molecule has 0 saturated carbocycles. The monoisotopic (exact) mass is 372 g/mol. The van der Waals surface area contributed by atoms with Gasteiger partial charge in [-0.2, -0.15) is 0 Å². The van der Waals surface area contributed by atoms with Crippen LogP contribution >= 0.6 is 15.9 Å². The van der Waals surface area contributed by atoms with Crippen LogP contribution in [0.15, 0.2) is 59.1 Å². The molecule has 5 heteroatoms. The molecule has 2 N–H and O–H groups in total. The zero-order chi connectivity index (χ0) is 16.4. The number of halogens is 1. The lowest BCUT2D eigenvalue weighted by atomic mass is 9.86. The van der Waals surface area contributed by atoms with E-state index in [1.807, 2.05) is 42.5 Å². The van der Waals surface area contributed by atoms with Crippen molar-refractivity contribution in [1.29, 1.82) is 0 Å². The van der Waals surface area contributed by atoms with Crippen LogP contribution in [0.2, 0.25) is 0 Å². The Bertz CT molecular complexity index is 730. The van der Waals surface area contributed by atoms with Gasteiger partial charge in [0.1, 0.15) is 5.54 Å². The number of nitrogens with zero attached hydrogens (tertiary/aromatic N) is 1. The first-order valence-electron chi connectivity index (χ1n) is 7.48. The molecule has 2 amide bonds. The first kappa shape index (κ1) is 15.7. The predicted octanol–water partition coefficient (Wildman–Crippen LogP) is 3.07. The molecule has 118 valence electrons. The summed E-state index contributed by atoms with van der Waals surface area (Å²) in [5.41, 5.74) is 6.02. The molecule has 1 fully saturated rings. The van der Waals surface area contributed by atoms with E-state index in [-0.39, 0.29) is 5.91 Å². The van der Waals surface area contributed by atoms with Crippen molar-refractivity contribution >= 4 is 27.7 Å². The molecular weight excluding hydrogens is 356 g/mol. The third-order valence-corrected chi connectivity index (χ3v) is 4.91. The number of carbonyl (C=O) groups excluding carboxylic acids is 2. The SMILES string of the molecule is NC(=O)[C@@]1(c2ccccc2)CCCN1C(=O)c1ccc(Br)cc1. The van der Waals surface area contributed by atoms with Gasteiger partial charge in [-0.25, -0.2) is 0 Å². The van der Waals surface area contributed by atoms with Gasteiger partial charge < -0.3 is 10.6 Å². The quantitative estimate of drug-likeness (QED) is 0.899. The van der Waals surface area contributed by atoms with Crippen LogP contribution in [0.4, 0.5) is 0 Å². The highest BCUT2D eigenvalue weighted by Crippen LogP contribution is 2.39. The molecule has 4 nitrogen and oxygen atoms in total. The van der Waals surface area contributed by atoms with Crippen molar-refractivity contribution in [2.45, 2.75) is 18.4 Å². The third kappa shape index (κ3) is 2.65. The van der Waals surface area contributed by atoms with E-state index < -0.39 is 11.4 Å². The summed E-state index contributed by atoms with van der Waals surface area (Å²) in [4.78, 5) is 26.9. The van der Waals surface area contributed by atoms with Gasteiger partial charge in [0.25, 0.3) is 5.91 Å². The van der Waals surface area contributed by atoms with Crippen LogP contribution in [0, 0.1) is 0 Å². The Hall–Kier alpha value is -2.14. The molecule has 0 aromatic heterocycles. The van der Waals surface area contributed by atoms with Gasteiger partial charge in [0.05, 0.1) is 0 Å². The Balaban J connectivity index is 2.05. The molecule has 2 aromatic rings. The zero-order valence-corrected chi connectivity index (χ0v) is 14.1. The van der Waals surface area contributed by atoms with Crippen LogP contribution in [0.25, 0.3) is 0 Å². The largest absolute Gasteiger partial charge is 0.367 e. The third-order valence-electron chi connectivity index (χ3n) is 4.38. The van der Waals surface area contributed by atoms with Crippen LogP contribution in [-0.4, -0.2) is 23.3 Å². The number of hydrogen-bond acceptors (Lipinski definition) is 2. The minimum Gasteiger partial charge on any atom is -0.367 e. The lowest BCUT2D eigenvalue weighted by molar-refractivity contribution is -0.128. The topological polar surface area (TPSA) is 63.4 Å². The Morgan fingerprint density at radius 1 is 1.04 bits per heavy atom. The van der Waals surface area contributed by atoms with Crippen LogP contribution in [0.5, 0.6) is 0 Å². The van der Waals surface area contributed by atoms with E-state index >= 15 is 0 Å². The Kier molecular flexibility index (Phi) is 4.22. The molecule has 23 heavy (non-hydrogen) atoms. The molecule has 0 bridgehead atoms. The minimum atomic E-state index is -1.06. The van der Waals surface area contributed by atoms with Gasteiger partial charge in [0.2, 0.25) is 5.91 Å². The molecule has 1 aliphatic rings. The van der Waals surface area contributed by atoms with Gasteiger partial charge in [-0.1, -0.05) is 46.3 Å². The van der Waals surface area contributed by atoms with Gasteiger partial charge in [0, 0.05) is 16.6 Å². The molecular formula is C18H17BrN2O2. The van der Waals surface area contributed by atoms with Crippen molar-refractivity contribution in [3.63, 3.8) is 0 Å². The predicted molar refractivity (Wildman–Crippen MR) is 91.7 cm³/mol. The van der Waals surface area contributed by atoms with Crippen molar-refractivity contribution in [2.24, 2.45) is 5.73 Å². The van der Waals surface area contributed by atoms with E-state index in [9.17, 15) is 9.59 Å². The molecule has 1 atom stereocenters. The second-order valence-corrected chi connectivity index (χ2v) is 6.57. The second kappa shape index (κ2) is 6.16. The molecule has 0 unspecified atom stereocenters. The fourth-order valence-corrected chi connectivity index (χ4v) is 3.52. The maximum Gasteiger partial charge on any atom is 0.255 e. The molecule has 0 aliphatic carbocycles. The van der Waals surface area contributed by atoms with E-state index in [0.717, 1.165) is 16.5 Å². The fraction of sp³-hybridized carbons (Fsp3) is 0.222. The standard InChI is InChI=1S/C18H17BrN2O2/c19-15-9-7-13(8-10-15)16(22)21-12-4-11-18(21,17(20)23)14-5-2-1-3-6-14/h1-3,5-10H,4,11-12H2,(H2,20,23)/t18-/m0/s1. The molecule has 2 aromatic carbocycles. The summed E-state index contributed by atoms with van der Waals surface area (Å²) in [5.74, 6) is -0.649. The second-order valence-electron chi connectivity index (χ2n) is 5.66. The van der Waals surface area contributed by atoms with Gasteiger partial charge >= 0.3 is 0 Å². The summed E-state index contributed by atoms with van der Waals surface area (Å²) in [7, 11) is 0. The Morgan fingerprint density at radius 3 is 2.30 bits per heavy atom. The number of carbonyl (C=O) groups is 2. The van der Waals surface area contributed by atoms with Crippen molar-refractivity contribution in [2.75, 3.05) is 6.54 Å². The Labute approximate surface area is 143 Å². The molecule has 3 rings (SSSR count). The number of rotatable bonds is 3. The molecule has 1 saturated heterocycles. The molecule has 1 heterocycles. The van der Waals surface area contributed by atoms with Crippen molar-refractivity contribution in [3.05, 3.63) is 70.2 Å². The normalized spacial score (nSPS) is 20.5. The maximum atomic E-state index is 13.0. The van der Waals surface area contributed by atoms with Crippen LogP contribution < -0.4 is 5.73 Å². The minimum absolute atomic E-state index is 0.169. The van der Waals surface area contributed by atoms with Crippen molar-refractivity contribution in [1.82, 2.24) is 4.90 Å². The molecule has 1 aliphatic heterocycles. The lowest BCUT2D eigenvalue weighted by Crippen LogP contribution is -2.53. The number of amides is 2. The van der Waals surface area contributed by atoms with E-state index in [0.29, 0.717) is 18.5 Å². The van der Waals surface area contributed by atoms with E-state index in [4.69, 9.17) is 5.73 Å². The molecule has 0 radical (unpaired) electrons.